The van der Waals surface area contributed by atoms with Crippen LogP contribution in [0.15, 0.2) is 42.5 Å². The molecule has 0 N–H and O–H groups in total. The van der Waals surface area contributed by atoms with Crippen molar-refractivity contribution in [2.75, 3.05) is 7.05 Å². The Kier molecular flexibility index (Phi) is 4.51. The Morgan fingerprint density at radius 2 is 1.95 bits per heavy atom. The molecule has 0 saturated heterocycles. The number of hydrogen-bond donors (Lipinski definition) is 0. The van der Waals surface area contributed by atoms with Crippen molar-refractivity contribution in [1.82, 2.24) is 9.88 Å². The normalized spacial score (nSPS) is 12.7. The smallest absolute Gasteiger partial charge is 0.129 e. The summed E-state index contributed by atoms with van der Waals surface area (Å²) < 4.78 is 13.7. The minimum absolute atomic E-state index is 0.0259. The number of hydrogen-bond acceptors (Lipinski definition) is 2. The first-order chi connectivity index (χ1) is 9.08. The van der Waals surface area contributed by atoms with E-state index in [-0.39, 0.29) is 11.9 Å². The maximum atomic E-state index is 13.7. The average molecular weight is 279 g/mol. The van der Waals surface area contributed by atoms with Crippen LogP contribution in [-0.2, 0) is 6.54 Å². The molecule has 1 aromatic carbocycles. The molecule has 2 nitrogen and oxygen atoms in total. The summed E-state index contributed by atoms with van der Waals surface area (Å²) in [6, 6.07) is 12.3. The number of aromatic nitrogens is 1. The van der Waals surface area contributed by atoms with Crippen molar-refractivity contribution in [3.05, 3.63) is 64.7 Å². The van der Waals surface area contributed by atoms with Crippen molar-refractivity contribution in [3.63, 3.8) is 0 Å². The van der Waals surface area contributed by atoms with Crippen LogP contribution in [0.4, 0.5) is 4.39 Å². The van der Waals surface area contributed by atoms with E-state index in [1.165, 1.54) is 6.07 Å². The fourth-order valence-electron chi connectivity index (χ4n) is 1.98. The average Bonchev–Trinajstić information content (AvgIpc) is 2.38. The second-order valence-electron chi connectivity index (χ2n) is 4.56. The van der Waals surface area contributed by atoms with Crippen molar-refractivity contribution < 1.29 is 4.39 Å². The molecule has 100 valence electrons. The van der Waals surface area contributed by atoms with Gasteiger partial charge in [0.25, 0.3) is 0 Å². The minimum Gasteiger partial charge on any atom is -0.294 e. The molecule has 4 heteroatoms. The Balaban J connectivity index is 2.12. The Labute approximate surface area is 117 Å². The van der Waals surface area contributed by atoms with Crippen molar-refractivity contribution in [2.45, 2.75) is 19.5 Å². The molecular weight excluding hydrogens is 263 g/mol. The van der Waals surface area contributed by atoms with Crippen LogP contribution in [0.5, 0.6) is 0 Å². The highest BCUT2D eigenvalue weighted by Gasteiger charge is 2.15. The lowest BCUT2D eigenvalue weighted by atomic mass is 10.1. The monoisotopic (exact) mass is 278 g/mol. The van der Waals surface area contributed by atoms with Gasteiger partial charge in [0.15, 0.2) is 0 Å². The molecule has 0 radical (unpaired) electrons. The van der Waals surface area contributed by atoms with Crippen molar-refractivity contribution in [3.8, 4) is 0 Å². The third-order valence-electron chi connectivity index (χ3n) is 3.20. The first kappa shape index (κ1) is 14.0. The lowest BCUT2D eigenvalue weighted by Gasteiger charge is -2.25. The molecule has 0 aliphatic rings. The summed E-state index contributed by atoms with van der Waals surface area (Å²) in [6.07, 6.45) is 0. The van der Waals surface area contributed by atoms with Gasteiger partial charge in [-0.25, -0.2) is 9.37 Å². The third-order valence-corrected chi connectivity index (χ3v) is 3.41. The van der Waals surface area contributed by atoms with E-state index in [0.717, 1.165) is 5.69 Å². The van der Waals surface area contributed by atoms with Gasteiger partial charge in [-0.2, -0.15) is 0 Å². The van der Waals surface area contributed by atoms with E-state index < -0.39 is 0 Å². The molecule has 0 aliphatic carbocycles. The number of benzene rings is 1. The Morgan fingerprint density at radius 1 is 1.21 bits per heavy atom. The van der Waals surface area contributed by atoms with Crippen molar-refractivity contribution in [2.24, 2.45) is 0 Å². The van der Waals surface area contributed by atoms with E-state index >= 15 is 0 Å². The zero-order valence-corrected chi connectivity index (χ0v) is 11.7. The Hall–Kier alpha value is -1.45. The maximum absolute atomic E-state index is 13.7. The largest absolute Gasteiger partial charge is 0.294 e. The molecule has 0 bridgehead atoms. The highest BCUT2D eigenvalue weighted by molar-refractivity contribution is 6.29. The van der Waals surface area contributed by atoms with Gasteiger partial charge in [0.05, 0.1) is 5.69 Å². The van der Waals surface area contributed by atoms with Crippen molar-refractivity contribution >= 4 is 11.6 Å². The first-order valence-electron chi connectivity index (χ1n) is 6.14. The van der Waals surface area contributed by atoms with E-state index in [1.54, 1.807) is 12.1 Å². The van der Waals surface area contributed by atoms with Crippen LogP contribution in [0.2, 0.25) is 5.15 Å². The maximum Gasteiger partial charge on any atom is 0.129 e. The SMILES string of the molecule is CC(c1ccccc1F)N(C)Cc1cccc(Cl)n1. The molecule has 19 heavy (non-hydrogen) atoms. The number of halogens is 2. The molecule has 0 aliphatic heterocycles. The quantitative estimate of drug-likeness (QED) is 0.784. The highest BCUT2D eigenvalue weighted by atomic mass is 35.5. The fourth-order valence-corrected chi connectivity index (χ4v) is 2.16. The van der Waals surface area contributed by atoms with Crippen LogP contribution >= 0.6 is 11.6 Å². The van der Waals surface area contributed by atoms with Gasteiger partial charge in [-0.3, -0.25) is 4.90 Å². The molecule has 1 aromatic heterocycles. The molecule has 0 amide bonds. The van der Waals surface area contributed by atoms with E-state index in [1.807, 2.05) is 43.1 Å². The summed E-state index contributed by atoms with van der Waals surface area (Å²) in [6.45, 7) is 2.60. The summed E-state index contributed by atoms with van der Waals surface area (Å²) in [7, 11) is 1.94. The second kappa shape index (κ2) is 6.13. The summed E-state index contributed by atoms with van der Waals surface area (Å²) in [5, 5.41) is 0.476. The van der Waals surface area contributed by atoms with E-state index in [2.05, 4.69) is 4.98 Å². The Bertz CT molecular complexity index is 559. The van der Waals surface area contributed by atoms with Gasteiger partial charge < -0.3 is 0 Å². The topological polar surface area (TPSA) is 16.1 Å². The molecule has 1 unspecified atom stereocenters. The van der Waals surface area contributed by atoms with Gasteiger partial charge in [-0.1, -0.05) is 35.9 Å². The summed E-state index contributed by atoms with van der Waals surface area (Å²) in [4.78, 5) is 6.28. The third kappa shape index (κ3) is 3.52. The molecule has 2 aromatic rings. The first-order valence-corrected chi connectivity index (χ1v) is 6.52. The van der Waals surface area contributed by atoms with Crippen LogP contribution in [0, 0.1) is 5.82 Å². The van der Waals surface area contributed by atoms with Gasteiger partial charge >= 0.3 is 0 Å². The minimum atomic E-state index is -0.180. The van der Waals surface area contributed by atoms with Gasteiger partial charge in [0, 0.05) is 18.2 Å². The van der Waals surface area contributed by atoms with E-state index in [0.29, 0.717) is 17.3 Å². The van der Waals surface area contributed by atoms with Crippen LogP contribution in [0.3, 0.4) is 0 Å². The number of rotatable bonds is 4. The van der Waals surface area contributed by atoms with Crippen LogP contribution < -0.4 is 0 Å². The molecule has 1 heterocycles. The van der Waals surface area contributed by atoms with Crippen LogP contribution in [0.25, 0.3) is 0 Å². The van der Waals surface area contributed by atoms with Crippen molar-refractivity contribution in [1.29, 1.82) is 0 Å². The predicted molar refractivity (Wildman–Crippen MR) is 75.5 cm³/mol. The van der Waals surface area contributed by atoms with Gasteiger partial charge in [0.1, 0.15) is 11.0 Å². The van der Waals surface area contributed by atoms with Gasteiger partial charge in [0.2, 0.25) is 0 Å². The van der Waals surface area contributed by atoms with E-state index in [4.69, 9.17) is 11.6 Å². The van der Waals surface area contributed by atoms with Gasteiger partial charge in [-0.05, 0) is 32.2 Å². The summed E-state index contributed by atoms with van der Waals surface area (Å²) in [5.41, 5.74) is 1.56. The van der Waals surface area contributed by atoms with Gasteiger partial charge in [-0.15, -0.1) is 0 Å². The standard InChI is InChI=1S/C15H16ClFN2/c1-11(13-7-3-4-8-14(13)17)19(2)10-12-6-5-9-15(16)18-12/h3-9,11H,10H2,1-2H3. The van der Waals surface area contributed by atoms with E-state index in [9.17, 15) is 4.39 Å². The molecule has 0 spiro atoms. The second-order valence-corrected chi connectivity index (χ2v) is 4.95. The molecule has 0 saturated carbocycles. The number of pyridine rings is 1. The highest BCUT2D eigenvalue weighted by Crippen LogP contribution is 2.22. The zero-order valence-electron chi connectivity index (χ0n) is 11.0. The summed E-state index contributed by atoms with van der Waals surface area (Å²) >= 11 is 5.86. The Morgan fingerprint density at radius 3 is 2.63 bits per heavy atom. The molecule has 1 atom stereocenters. The zero-order chi connectivity index (χ0) is 13.8. The fraction of sp³-hybridized carbons (Fsp3) is 0.267. The summed E-state index contributed by atoms with van der Waals surface area (Å²) in [5.74, 6) is -0.180. The lowest BCUT2D eigenvalue weighted by Crippen LogP contribution is -2.23. The van der Waals surface area contributed by atoms with Crippen LogP contribution in [0.1, 0.15) is 24.2 Å². The molecular formula is C15H16ClFN2. The molecule has 2 rings (SSSR count). The molecule has 0 fully saturated rings. The van der Waals surface area contributed by atoms with Crippen LogP contribution in [-0.4, -0.2) is 16.9 Å². The number of nitrogens with zero attached hydrogens (tertiary/aromatic N) is 2. The lowest BCUT2D eigenvalue weighted by molar-refractivity contribution is 0.245. The predicted octanol–water partition coefficient (Wildman–Crippen LogP) is 4.07.